The molecule has 0 unspecified atom stereocenters. The van der Waals surface area contributed by atoms with Gasteiger partial charge in [0.15, 0.2) is 5.13 Å². The lowest BCUT2D eigenvalue weighted by atomic mass is 10.4. The molecule has 0 aromatic carbocycles. The summed E-state index contributed by atoms with van der Waals surface area (Å²) in [6.07, 6.45) is 5.16. The van der Waals surface area contributed by atoms with Crippen LogP contribution in [-0.2, 0) is 0 Å². The van der Waals surface area contributed by atoms with Gasteiger partial charge in [0.05, 0.1) is 0 Å². The first-order valence-corrected chi connectivity index (χ1v) is 4.29. The number of nitrogens with one attached hydrogen (secondary N) is 1. The van der Waals surface area contributed by atoms with Crippen molar-refractivity contribution < 1.29 is 0 Å². The molecule has 0 fully saturated rings. The molecule has 0 saturated carbocycles. The summed E-state index contributed by atoms with van der Waals surface area (Å²) in [4.78, 5) is 4.14. The maximum Gasteiger partial charge on any atom is 0.184 e. The Balaban J connectivity index is 2.67. The highest BCUT2D eigenvalue weighted by atomic mass is 32.1. The van der Waals surface area contributed by atoms with Gasteiger partial charge in [-0.05, 0) is 19.8 Å². The first-order valence-electron chi connectivity index (χ1n) is 3.41. The van der Waals surface area contributed by atoms with Gasteiger partial charge in [0.1, 0.15) is 5.69 Å². The van der Waals surface area contributed by atoms with Gasteiger partial charge in [0.25, 0.3) is 0 Å². The van der Waals surface area contributed by atoms with E-state index in [1.165, 1.54) is 11.3 Å². The van der Waals surface area contributed by atoms with E-state index in [2.05, 4.69) is 30.1 Å². The molecule has 1 aromatic heterocycles. The van der Waals surface area contributed by atoms with E-state index in [0.29, 0.717) is 11.7 Å². The minimum absolute atomic E-state index is 0.409. The summed E-state index contributed by atoms with van der Waals surface area (Å²) in [5.74, 6) is 2.48. The van der Waals surface area contributed by atoms with Crippen molar-refractivity contribution in [1.29, 1.82) is 0 Å². The Morgan fingerprint density at radius 1 is 1.73 bits per heavy atom. The Morgan fingerprint density at radius 3 is 2.91 bits per heavy atom. The number of nitrogens with zero attached hydrogens (tertiary/aromatic N) is 1. The minimum Gasteiger partial charge on any atom is -0.359 e. The van der Waals surface area contributed by atoms with Gasteiger partial charge in [-0.3, -0.25) is 0 Å². The third-order valence-electron chi connectivity index (χ3n) is 1.06. The van der Waals surface area contributed by atoms with Crippen LogP contribution < -0.4 is 5.32 Å². The topological polar surface area (TPSA) is 24.9 Å². The smallest absolute Gasteiger partial charge is 0.184 e. The Bertz CT molecular complexity index is 270. The predicted molar refractivity (Wildman–Crippen MR) is 48.8 cm³/mol. The Morgan fingerprint density at radius 2 is 2.45 bits per heavy atom. The number of hydrogen-bond acceptors (Lipinski definition) is 3. The fourth-order valence-electron chi connectivity index (χ4n) is 0.653. The monoisotopic (exact) mass is 166 g/mol. The Labute approximate surface area is 70.7 Å². The summed E-state index contributed by atoms with van der Waals surface area (Å²) in [5.41, 5.74) is 0.707. The standard InChI is InChI=1S/C8H10N2S/c1-4-7-5-11-8(10-7)9-6(2)3/h1,5-6H,2-3H3,(H,9,10). The third-order valence-corrected chi connectivity index (χ3v) is 1.84. The van der Waals surface area contributed by atoms with Gasteiger partial charge in [-0.25, -0.2) is 4.98 Å². The SMILES string of the molecule is C#Cc1csc(NC(C)C)n1. The zero-order valence-electron chi connectivity index (χ0n) is 6.59. The molecule has 0 atom stereocenters. The summed E-state index contributed by atoms with van der Waals surface area (Å²) in [6, 6.07) is 0.409. The van der Waals surface area contributed by atoms with Gasteiger partial charge in [-0.1, -0.05) is 0 Å². The van der Waals surface area contributed by atoms with Crippen LogP contribution in [0.2, 0.25) is 0 Å². The predicted octanol–water partition coefficient (Wildman–Crippen LogP) is 1.94. The summed E-state index contributed by atoms with van der Waals surface area (Å²) in [7, 11) is 0. The average molecular weight is 166 g/mol. The van der Waals surface area contributed by atoms with E-state index >= 15 is 0 Å². The van der Waals surface area contributed by atoms with Crippen LogP contribution in [-0.4, -0.2) is 11.0 Å². The third kappa shape index (κ3) is 2.24. The molecule has 0 aliphatic carbocycles. The molecule has 0 spiro atoms. The maximum atomic E-state index is 5.16. The van der Waals surface area contributed by atoms with Crippen LogP contribution in [0.15, 0.2) is 5.38 Å². The maximum absolute atomic E-state index is 5.16. The first kappa shape index (κ1) is 8.09. The van der Waals surface area contributed by atoms with E-state index in [-0.39, 0.29) is 0 Å². The molecule has 58 valence electrons. The van der Waals surface area contributed by atoms with Crippen molar-refractivity contribution in [2.75, 3.05) is 5.32 Å². The van der Waals surface area contributed by atoms with Gasteiger partial charge in [-0.15, -0.1) is 17.8 Å². The Hall–Kier alpha value is -1.01. The normalized spacial score (nSPS) is 9.64. The lowest BCUT2D eigenvalue weighted by Gasteiger charge is -2.03. The number of rotatable bonds is 2. The molecule has 2 nitrogen and oxygen atoms in total. The van der Waals surface area contributed by atoms with E-state index in [1.807, 2.05) is 5.38 Å². The number of anilines is 1. The van der Waals surface area contributed by atoms with Crippen molar-refractivity contribution in [2.24, 2.45) is 0 Å². The summed E-state index contributed by atoms with van der Waals surface area (Å²) in [5, 5.41) is 5.93. The minimum atomic E-state index is 0.409. The fraction of sp³-hybridized carbons (Fsp3) is 0.375. The second-order valence-electron chi connectivity index (χ2n) is 2.48. The van der Waals surface area contributed by atoms with Crippen molar-refractivity contribution in [3.8, 4) is 12.3 Å². The molecule has 1 N–H and O–H groups in total. The van der Waals surface area contributed by atoms with E-state index < -0.39 is 0 Å². The molecule has 1 heterocycles. The van der Waals surface area contributed by atoms with E-state index in [4.69, 9.17) is 6.42 Å². The highest BCUT2D eigenvalue weighted by Crippen LogP contribution is 2.14. The lowest BCUT2D eigenvalue weighted by molar-refractivity contribution is 0.896. The van der Waals surface area contributed by atoms with Gasteiger partial charge in [0, 0.05) is 11.4 Å². The highest BCUT2D eigenvalue weighted by molar-refractivity contribution is 7.13. The molecule has 0 radical (unpaired) electrons. The van der Waals surface area contributed by atoms with Crippen molar-refractivity contribution in [3.05, 3.63) is 11.1 Å². The van der Waals surface area contributed by atoms with Crippen LogP contribution in [0.5, 0.6) is 0 Å². The number of thiazole rings is 1. The van der Waals surface area contributed by atoms with Crippen molar-refractivity contribution >= 4 is 16.5 Å². The number of aromatic nitrogens is 1. The zero-order valence-corrected chi connectivity index (χ0v) is 7.40. The molecule has 11 heavy (non-hydrogen) atoms. The zero-order chi connectivity index (χ0) is 8.27. The summed E-state index contributed by atoms with van der Waals surface area (Å²) in [6.45, 7) is 4.13. The molecule has 0 saturated heterocycles. The largest absolute Gasteiger partial charge is 0.359 e. The average Bonchev–Trinajstić information content (AvgIpc) is 2.34. The molecular formula is C8H10N2S. The second-order valence-corrected chi connectivity index (χ2v) is 3.34. The quantitative estimate of drug-likeness (QED) is 0.679. The molecular weight excluding hydrogens is 156 g/mol. The van der Waals surface area contributed by atoms with Gasteiger partial charge >= 0.3 is 0 Å². The number of hydrogen-bond donors (Lipinski definition) is 1. The van der Waals surface area contributed by atoms with Crippen molar-refractivity contribution in [3.63, 3.8) is 0 Å². The van der Waals surface area contributed by atoms with Gasteiger partial charge in [-0.2, -0.15) is 0 Å². The number of terminal acetylenes is 1. The molecule has 3 heteroatoms. The first-order chi connectivity index (χ1) is 5.22. The van der Waals surface area contributed by atoms with Crippen molar-refractivity contribution in [1.82, 2.24) is 4.98 Å². The van der Waals surface area contributed by atoms with Crippen LogP contribution >= 0.6 is 11.3 Å². The van der Waals surface area contributed by atoms with Crippen LogP contribution in [0.4, 0.5) is 5.13 Å². The van der Waals surface area contributed by atoms with Crippen LogP contribution in [0, 0.1) is 12.3 Å². The lowest BCUT2D eigenvalue weighted by Crippen LogP contribution is -2.08. The second kappa shape index (κ2) is 3.40. The van der Waals surface area contributed by atoms with Crippen LogP contribution in [0.25, 0.3) is 0 Å². The van der Waals surface area contributed by atoms with E-state index in [0.717, 1.165) is 5.13 Å². The van der Waals surface area contributed by atoms with Crippen molar-refractivity contribution in [2.45, 2.75) is 19.9 Å². The van der Waals surface area contributed by atoms with E-state index in [9.17, 15) is 0 Å². The molecule has 0 amide bonds. The summed E-state index contributed by atoms with van der Waals surface area (Å²) < 4.78 is 0. The highest BCUT2D eigenvalue weighted by Gasteiger charge is 1.99. The Kier molecular flexibility index (Phi) is 2.50. The molecule has 0 aliphatic heterocycles. The molecule has 0 bridgehead atoms. The summed E-state index contributed by atoms with van der Waals surface area (Å²) >= 11 is 1.54. The van der Waals surface area contributed by atoms with Crippen LogP contribution in [0.1, 0.15) is 19.5 Å². The molecule has 0 aliphatic rings. The van der Waals surface area contributed by atoms with Crippen LogP contribution in [0.3, 0.4) is 0 Å². The van der Waals surface area contributed by atoms with Gasteiger partial charge in [0.2, 0.25) is 0 Å². The van der Waals surface area contributed by atoms with Gasteiger partial charge < -0.3 is 5.32 Å². The fourth-order valence-corrected chi connectivity index (χ4v) is 1.45. The molecule has 1 aromatic rings. The van der Waals surface area contributed by atoms with E-state index in [1.54, 1.807) is 0 Å². The molecule has 1 rings (SSSR count).